The van der Waals surface area contributed by atoms with Crippen LogP contribution in [0.1, 0.15) is 12.0 Å². The van der Waals surface area contributed by atoms with Crippen LogP contribution >= 0.6 is 0 Å². The number of sulfone groups is 1. The predicted molar refractivity (Wildman–Crippen MR) is 97.2 cm³/mol. The second kappa shape index (κ2) is 7.78. The summed E-state index contributed by atoms with van der Waals surface area (Å²) in [6.45, 7) is 2.48. The summed E-state index contributed by atoms with van der Waals surface area (Å²) in [5.74, 6) is 0.759. The van der Waals surface area contributed by atoms with Gasteiger partial charge in [-0.2, -0.15) is 0 Å². The number of fused-ring (bicyclic) bond motifs is 1. The minimum Gasteiger partial charge on any atom is -0.486 e. The summed E-state index contributed by atoms with van der Waals surface area (Å²) in [6, 6.07) is 13.9. The zero-order valence-corrected chi connectivity index (χ0v) is 15.3. The van der Waals surface area contributed by atoms with Crippen molar-refractivity contribution in [3.63, 3.8) is 0 Å². The number of hydrogen-bond acceptors (Lipinski definition) is 5. The number of ether oxygens (including phenoxy) is 2. The molecule has 0 spiro atoms. The fraction of sp³-hybridized carbons (Fsp3) is 0.316. The summed E-state index contributed by atoms with van der Waals surface area (Å²) in [6.07, 6.45) is -0.400. The van der Waals surface area contributed by atoms with Gasteiger partial charge in [-0.25, -0.2) is 8.42 Å². The summed E-state index contributed by atoms with van der Waals surface area (Å²) < 4.78 is 35.9. The van der Waals surface area contributed by atoms with E-state index in [1.807, 2.05) is 25.1 Å². The highest BCUT2D eigenvalue weighted by molar-refractivity contribution is 7.91. The molecule has 1 aliphatic heterocycles. The Bertz CT molecular complexity index is 877. The predicted octanol–water partition coefficient (Wildman–Crippen LogP) is 2.12. The van der Waals surface area contributed by atoms with Crippen molar-refractivity contribution in [1.29, 1.82) is 0 Å². The average Bonchev–Trinajstić information content (AvgIpc) is 2.65. The third-order valence-electron chi connectivity index (χ3n) is 4.07. The van der Waals surface area contributed by atoms with E-state index in [-0.39, 0.29) is 35.6 Å². The molecule has 0 saturated heterocycles. The van der Waals surface area contributed by atoms with Crippen LogP contribution in [0.15, 0.2) is 53.4 Å². The molecule has 0 aromatic heterocycles. The van der Waals surface area contributed by atoms with E-state index in [2.05, 4.69) is 5.32 Å². The molecule has 1 amide bonds. The first kappa shape index (κ1) is 18.3. The molecule has 1 aliphatic rings. The van der Waals surface area contributed by atoms with Crippen LogP contribution in [0.2, 0.25) is 0 Å². The molecule has 0 saturated carbocycles. The number of nitrogens with one attached hydrogen (secondary N) is 1. The topological polar surface area (TPSA) is 81.7 Å². The van der Waals surface area contributed by atoms with E-state index in [1.165, 1.54) is 0 Å². The number of benzene rings is 2. The van der Waals surface area contributed by atoms with Gasteiger partial charge in [-0.1, -0.05) is 29.8 Å². The normalized spacial score (nSPS) is 16.1. The molecule has 26 heavy (non-hydrogen) atoms. The minimum atomic E-state index is -3.47. The Kier molecular flexibility index (Phi) is 5.46. The van der Waals surface area contributed by atoms with Crippen LogP contribution in [0, 0.1) is 6.92 Å². The van der Waals surface area contributed by atoms with Crippen LogP contribution in [0.4, 0.5) is 0 Å². The second-order valence-electron chi connectivity index (χ2n) is 6.18. The molecule has 1 atom stereocenters. The van der Waals surface area contributed by atoms with Gasteiger partial charge in [-0.3, -0.25) is 4.79 Å². The van der Waals surface area contributed by atoms with Gasteiger partial charge in [0.05, 0.1) is 17.2 Å². The molecule has 0 bridgehead atoms. The molecule has 0 radical (unpaired) electrons. The molecular formula is C19H21NO5S. The Labute approximate surface area is 153 Å². The fourth-order valence-corrected chi connectivity index (χ4v) is 3.81. The van der Waals surface area contributed by atoms with E-state index in [9.17, 15) is 13.2 Å². The Hall–Kier alpha value is -2.54. The molecule has 0 unspecified atom stereocenters. The van der Waals surface area contributed by atoms with Crippen molar-refractivity contribution in [3.05, 3.63) is 54.1 Å². The van der Waals surface area contributed by atoms with E-state index < -0.39 is 9.84 Å². The number of para-hydroxylation sites is 2. The van der Waals surface area contributed by atoms with Crippen molar-refractivity contribution >= 4 is 15.7 Å². The number of aryl methyl sites for hydroxylation is 1. The van der Waals surface area contributed by atoms with Gasteiger partial charge in [-0.05, 0) is 31.2 Å². The Morgan fingerprint density at radius 2 is 1.81 bits per heavy atom. The van der Waals surface area contributed by atoms with Gasteiger partial charge < -0.3 is 14.8 Å². The summed E-state index contributed by atoms with van der Waals surface area (Å²) in [5.41, 5.74) is 0.984. The lowest BCUT2D eigenvalue weighted by atomic mass is 10.2. The first-order valence-corrected chi connectivity index (χ1v) is 10.0. The molecule has 0 aliphatic carbocycles. The standard InChI is InChI=1S/C19H21NO5S/c1-14-6-8-16(9-7-14)26(22,23)11-10-19(21)20-12-15-13-24-17-4-2-3-5-18(17)25-15/h2-9,15H,10-13H2,1H3,(H,20,21)/t15-/m0/s1. The van der Waals surface area contributed by atoms with Gasteiger partial charge in [0.25, 0.3) is 0 Å². The lowest BCUT2D eigenvalue weighted by Gasteiger charge is -2.26. The third-order valence-corrected chi connectivity index (χ3v) is 5.80. The van der Waals surface area contributed by atoms with Crippen LogP contribution in [0.25, 0.3) is 0 Å². The largest absolute Gasteiger partial charge is 0.486 e. The van der Waals surface area contributed by atoms with Crippen LogP contribution in [0.5, 0.6) is 11.5 Å². The molecule has 0 fully saturated rings. The second-order valence-corrected chi connectivity index (χ2v) is 8.29. The number of hydrogen-bond donors (Lipinski definition) is 1. The smallest absolute Gasteiger partial charge is 0.221 e. The van der Waals surface area contributed by atoms with Crippen LogP contribution in [-0.2, 0) is 14.6 Å². The zero-order chi connectivity index (χ0) is 18.6. The number of carbonyl (C=O) groups excluding carboxylic acids is 1. The van der Waals surface area contributed by atoms with E-state index in [0.717, 1.165) is 5.56 Å². The van der Waals surface area contributed by atoms with Crippen LogP contribution < -0.4 is 14.8 Å². The molecule has 1 heterocycles. The third kappa shape index (κ3) is 4.54. The van der Waals surface area contributed by atoms with Crippen molar-refractivity contribution in [2.45, 2.75) is 24.3 Å². The molecule has 7 heteroatoms. The highest BCUT2D eigenvalue weighted by Gasteiger charge is 2.22. The van der Waals surface area contributed by atoms with Gasteiger partial charge in [-0.15, -0.1) is 0 Å². The van der Waals surface area contributed by atoms with E-state index >= 15 is 0 Å². The SMILES string of the molecule is Cc1ccc(S(=O)(=O)CCC(=O)NC[C@H]2COc3ccccc3O2)cc1. The van der Waals surface area contributed by atoms with Crippen molar-refractivity contribution in [2.75, 3.05) is 18.9 Å². The average molecular weight is 375 g/mol. The summed E-state index contributed by atoms with van der Waals surface area (Å²) in [7, 11) is -3.47. The molecule has 6 nitrogen and oxygen atoms in total. The van der Waals surface area contributed by atoms with Crippen LogP contribution in [0.3, 0.4) is 0 Å². The van der Waals surface area contributed by atoms with E-state index in [4.69, 9.17) is 9.47 Å². The van der Waals surface area contributed by atoms with Crippen molar-refractivity contribution in [2.24, 2.45) is 0 Å². The molecule has 2 aromatic rings. The van der Waals surface area contributed by atoms with Gasteiger partial charge in [0.15, 0.2) is 21.3 Å². The maximum Gasteiger partial charge on any atom is 0.221 e. The first-order valence-electron chi connectivity index (χ1n) is 8.39. The Morgan fingerprint density at radius 1 is 1.12 bits per heavy atom. The highest BCUT2D eigenvalue weighted by Crippen LogP contribution is 2.30. The number of rotatable bonds is 6. The van der Waals surface area contributed by atoms with E-state index in [1.54, 1.807) is 30.3 Å². The molecular weight excluding hydrogens is 354 g/mol. The van der Waals surface area contributed by atoms with Gasteiger partial charge in [0.2, 0.25) is 5.91 Å². The van der Waals surface area contributed by atoms with Crippen molar-refractivity contribution in [3.8, 4) is 11.5 Å². The highest BCUT2D eigenvalue weighted by atomic mass is 32.2. The first-order chi connectivity index (χ1) is 12.4. The number of carbonyl (C=O) groups is 1. The zero-order valence-electron chi connectivity index (χ0n) is 14.5. The fourth-order valence-electron chi connectivity index (χ4n) is 2.57. The lowest BCUT2D eigenvalue weighted by molar-refractivity contribution is -0.121. The van der Waals surface area contributed by atoms with Crippen molar-refractivity contribution < 1.29 is 22.7 Å². The van der Waals surface area contributed by atoms with Gasteiger partial charge >= 0.3 is 0 Å². The lowest BCUT2D eigenvalue weighted by Crippen LogP contribution is -2.41. The van der Waals surface area contributed by atoms with Crippen molar-refractivity contribution in [1.82, 2.24) is 5.32 Å². The summed E-state index contributed by atoms with van der Waals surface area (Å²) >= 11 is 0. The summed E-state index contributed by atoms with van der Waals surface area (Å²) in [5, 5.41) is 2.71. The molecule has 1 N–H and O–H groups in total. The van der Waals surface area contributed by atoms with Gasteiger partial charge in [0.1, 0.15) is 12.7 Å². The van der Waals surface area contributed by atoms with E-state index in [0.29, 0.717) is 18.1 Å². The number of amides is 1. The molecule has 2 aromatic carbocycles. The monoisotopic (exact) mass is 375 g/mol. The Morgan fingerprint density at radius 3 is 2.54 bits per heavy atom. The quantitative estimate of drug-likeness (QED) is 0.836. The molecule has 138 valence electrons. The van der Waals surface area contributed by atoms with Crippen LogP contribution in [-0.4, -0.2) is 39.3 Å². The Balaban J connectivity index is 1.47. The maximum absolute atomic E-state index is 12.3. The van der Waals surface area contributed by atoms with Gasteiger partial charge in [0, 0.05) is 6.42 Å². The molecule has 3 rings (SSSR count). The minimum absolute atomic E-state index is 0.0969. The summed E-state index contributed by atoms with van der Waals surface area (Å²) in [4.78, 5) is 12.2. The maximum atomic E-state index is 12.3.